The van der Waals surface area contributed by atoms with Crippen molar-refractivity contribution in [1.29, 1.82) is 0 Å². The minimum Gasteiger partial charge on any atom is -0.379 e. The second kappa shape index (κ2) is 6.44. The fourth-order valence-corrected chi connectivity index (χ4v) is 2.33. The van der Waals surface area contributed by atoms with Gasteiger partial charge in [-0.1, -0.05) is 29.8 Å². The number of hydrogen-bond acceptors (Lipinski definition) is 3. The summed E-state index contributed by atoms with van der Waals surface area (Å²) in [5.41, 5.74) is 4.50. The Hall–Kier alpha value is -1.31. The van der Waals surface area contributed by atoms with E-state index in [1.165, 1.54) is 0 Å². The minimum absolute atomic E-state index is 0. The van der Waals surface area contributed by atoms with Gasteiger partial charge in [0.25, 0.3) is 0 Å². The zero-order valence-corrected chi connectivity index (χ0v) is 12.7. The molecule has 1 heterocycles. The van der Waals surface area contributed by atoms with Crippen LogP contribution in [0, 0.1) is 6.92 Å². The van der Waals surface area contributed by atoms with Crippen molar-refractivity contribution in [3.05, 3.63) is 35.4 Å². The number of amides is 1. The normalized spacial score (nSPS) is 23.1. The number of nitrogens with two attached hydrogens (primary N) is 1. The molecule has 1 fully saturated rings. The highest BCUT2D eigenvalue weighted by Gasteiger charge is 2.58. The average molecular weight is 339 g/mol. The van der Waals surface area contributed by atoms with Gasteiger partial charge in [-0.05, 0) is 12.5 Å². The number of rotatable bonds is 2. The monoisotopic (exact) mass is 338 g/mol. The van der Waals surface area contributed by atoms with Crippen LogP contribution in [0.25, 0.3) is 0 Å². The SMILES string of the molecule is Cc1ccc(C(N)C(=O)N2CCC(O)(C(F)(F)F)C2)cc1.Cl. The summed E-state index contributed by atoms with van der Waals surface area (Å²) in [4.78, 5) is 13.1. The lowest BCUT2D eigenvalue weighted by atomic mass is 10.0. The number of carbonyl (C=O) groups excluding carboxylic acids is 1. The van der Waals surface area contributed by atoms with Crippen LogP contribution >= 0.6 is 12.4 Å². The maximum atomic E-state index is 12.7. The number of nitrogens with zero attached hydrogens (tertiary/aromatic N) is 1. The Morgan fingerprint density at radius 3 is 2.36 bits per heavy atom. The number of aryl methyl sites for hydroxylation is 1. The Morgan fingerprint density at radius 1 is 1.36 bits per heavy atom. The van der Waals surface area contributed by atoms with Crippen LogP contribution in [0.4, 0.5) is 13.2 Å². The molecule has 1 aromatic carbocycles. The highest BCUT2D eigenvalue weighted by Crippen LogP contribution is 2.38. The van der Waals surface area contributed by atoms with Crippen LogP contribution in [-0.4, -0.2) is 40.8 Å². The number of hydrogen-bond donors (Lipinski definition) is 2. The number of likely N-dealkylation sites (tertiary alicyclic amines) is 1. The van der Waals surface area contributed by atoms with Crippen molar-refractivity contribution in [1.82, 2.24) is 4.90 Å². The van der Waals surface area contributed by atoms with Crippen molar-refractivity contribution in [3.8, 4) is 0 Å². The first-order valence-corrected chi connectivity index (χ1v) is 6.54. The number of benzene rings is 1. The van der Waals surface area contributed by atoms with Gasteiger partial charge < -0.3 is 15.7 Å². The third kappa shape index (κ3) is 3.53. The van der Waals surface area contributed by atoms with Crippen LogP contribution in [0.2, 0.25) is 0 Å². The van der Waals surface area contributed by atoms with Crippen LogP contribution in [0.15, 0.2) is 24.3 Å². The molecule has 0 saturated carbocycles. The van der Waals surface area contributed by atoms with Gasteiger partial charge in [-0.25, -0.2) is 0 Å². The standard InChI is InChI=1S/C14H17F3N2O2.ClH/c1-9-2-4-10(5-3-9)11(18)12(20)19-7-6-13(21,8-19)14(15,16)17;/h2-5,11,21H,6-8,18H2,1H3;1H. The highest BCUT2D eigenvalue weighted by molar-refractivity contribution is 5.85. The fourth-order valence-electron chi connectivity index (χ4n) is 2.33. The first-order valence-electron chi connectivity index (χ1n) is 6.54. The van der Waals surface area contributed by atoms with E-state index < -0.39 is 36.7 Å². The van der Waals surface area contributed by atoms with Gasteiger partial charge in [0.2, 0.25) is 5.91 Å². The van der Waals surface area contributed by atoms with E-state index in [1.807, 2.05) is 6.92 Å². The van der Waals surface area contributed by atoms with E-state index in [2.05, 4.69) is 0 Å². The van der Waals surface area contributed by atoms with Crippen molar-refractivity contribution in [3.63, 3.8) is 0 Å². The molecule has 22 heavy (non-hydrogen) atoms. The van der Waals surface area contributed by atoms with Gasteiger partial charge in [0.05, 0.1) is 6.54 Å². The van der Waals surface area contributed by atoms with E-state index in [9.17, 15) is 23.1 Å². The largest absolute Gasteiger partial charge is 0.419 e. The third-order valence-electron chi connectivity index (χ3n) is 3.79. The first kappa shape index (κ1) is 18.7. The van der Waals surface area contributed by atoms with Crippen LogP contribution in [0.1, 0.15) is 23.6 Å². The van der Waals surface area contributed by atoms with Crippen molar-refractivity contribution in [2.75, 3.05) is 13.1 Å². The number of alkyl halides is 3. The highest BCUT2D eigenvalue weighted by atomic mass is 35.5. The predicted molar refractivity (Wildman–Crippen MR) is 77.6 cm³/mol. The van der Waals surface area contributed by atoms with Gasteiger partial charge in [-0.2, -0.15) is 13.2 Å². The minimum atomic E-state index is -4.75. The summed E-state index contributed by atoms with van der Waals surface area (Å²) in [7, 11) is 0. The molecule has 124 valence electrons. The molecular weight excluding hydrogens is 321 g/mol. The van der Waals surface area contributed by atoms with E-state index in [0.29, 0.717) is 5.56 Å². The summed E-state index contributed by atoms with van der Waals surface area (Å²) in [5.74, 6) is -0.612. The Balaban J connectivity index is 0.00000242. The maximum absolute atomic E-state index is 12.7. The molecule has 4 nitrogen and oxygen atoms in total. The van der Waals surface area contributed by atoms with Crippen LogP contribution in [0.3, 0.4) is 0 Å². The molecule has 2 rings (SSSR count). The van der Waals surface area contributed by atoms with Gasteiger partial charge >= 0.3 is 6.18 Å². The fraction of sp³-hybridized carbons (Fsp3) is 0.500. The summed E-state index contributed by atoms with van der Waals surface area (Å²) >= 11 is 0. The lowest BCUT2D eigenvalue weighted by Crippen LogP contribution is -2.48. The van der Waals surface area contributed by atoms with Crippen molar-refractivity contribution >= 4 is 18.3 Å². The third-order valence-corrected chi connectivity index (χ3v) is 3.79. The quantitative estimate of drug-likeness (QED) is 0.866. The van der Waals surface area contributed by atoms with Crippen molar-refractivity contribution in [2.24, 2.45) is 5.73 Å². The van der Waals surface area contributed by atoms with E-state index >= 15 is 0 Å². The zero-order valence-electron chi connectivity index (χ0n) is 11.9. The van der Waals surface area contributed by atoms with E-state index in [-0.39, 0.29) is 19.0 Å². The van der Waals surface area contributed by atoms with E-state index in [4.69, 9.17) is 5.73 Å². The summed E-state index contributed by atoms with van der Waals surface area (Å²) < 4.78 is 38.2. The van der Waals surface area contributed by atoms with E-state index in [0.717, 1.165) is 10.5 Å². The summed E-state index contributed by atoms with van der Waals surface area (Å²) in [6.07, 6.45) is -5.28. The average Bonchev–Trinajstić information content (AvgIpc) is 2.81. The van der Waals surface area contributed by atoms with Crippen molar-refractivity contribution < 1.29 is 23.1 Å². The molecule has 8 heteroatoms. The second-order valence-corrected chi connectivity index (χ2v) is 5.43. The van der Waals surface area contributed by atoms with Gasteiger partial charge in [-0.15, -0.1) is 12.4 Å². The molecule has 0 bridgehead atoms. The Morgan fingerprint density at radius 2 is 1.91 bits per heavy atom. The van der Waals surface area contributed by atoms with Crippen LogP contribution in [0.5, 0.6) is 0 Å². The number of halogens is 4. The molecule has 0 aromatic heterocycles. The van der Waals surface area contributed by atoms with Crippen molar-refractivity contribution in [2.45, 2.75) is 31.2 Å². The maximum Gasteiger partial charge on any atom is 0.419 e. The molecule has 1 aliphatic heterocycles. The number of β-amino-alcohol motifs (C(OH)–C–C–N with tert-alkyl or cyclic N) is 1. The molecule has 2 unspecified atom stereocenters. The molecule has 1 aromatic rings. The molecule has 0 radical (unpaired) electrons. The molecule has 1 saturated heterocycles. The molecule has 2 atom stereocenters. The summed E-state index contributed by atoms with van der Waals surface area (Å²) in [6.45, 7) is 0.949. The van der Waals surface area contributed by atoms with Crippen LogP contribution < -0.4 is 5.73 Å². The van der Waals surface area contributed by atoms with Crippen LogP contribution in [-0.2, 0) is 4.79 Å². The summed E-state index contributed by atoms with van der Waals surface area (Å²) in [6, 6.07) is 5.87. The molecular formula is C14H18ClF3N2O2. The zero-order chi connectivity index (χ0) is 15.8. The molecule has 1 aliphatic rings. The Labute approximate surface area is 132 Å². The van der Waals surface area contributed by atoms with Gasteiger partial charge in [0, 0.05) is 13.0 Å². The van der Waals surface area contributed by atoms with Gasteiger partial charge in [0.15, 0.2) is 5.60 Å². The van der Waals surface area contributed by atoms with Gasteiger partial charge in [0.1, 0.15) is 6.04 Å². The molecule has 0 spiro atoms. The summed E-state index contributed by atoms with van der Waals surface area (Å²) in [5, 5.41) is 9.58. The molecule has 1 amide bonds. The number of aliphatic hydroxyl groups is 1. The topological polar surface area (TPSA) is 66.6 Å². The Bertz CT molecular complexity index is 536. The predicted octanol–water partition coefficient (Wildman–Crippen LogP) is 1.94. The smallest absolute Gasteiger partial charge is 0.379 e. The van der Waals surface area contributed by atoms with Gasteiger partial charge in [-0.3, -0.25) is 4.79 Å². The lowest BCUT2D eigenvalue weighted by molar-refractivity contribution is -0.253. The molecule has 0 aliphatic carbocycles. The lowest BCUT2D eigenvalue weighted by Gasteiger charge is -2.27. The second-order valence-electron chi connectivity index (χ2n) is 5.43. The molecule has 3 N–H and O–H groups in total. The Kier molecular flexibility index (Phi) is 5.48. The first-order chi connectivity index (χ1) is 9.64. The van der Waals surface area contributed by atoms with E-state index in [1.54, 1.807) is 24.3 Å². The number of carbonyl (C=O) groups is 1.